The lowest BCUT2D eigenvalue weighted by atomic mass is 9.90. The molecule has 0 aliphatic rings. The third kappa shape index (κ3) is 5.22. The molecule has 1 atom stereocenters. The van der Waals surface area contributed by atoms with Crippen LogP contribution in [-0.2, 0) is 4.79 Å². The quantitative estimate of drug-likeness (QED) is 0.786. The molecule has 3 nitrogen and oxygen atoms in total. The maximum atomic E-state index is 11.7. The van der Waals surface area contributed by atoms with E-state index in [-0.39, 0.29) is 17.9 Å². The topological polar surface area (TPSA) is 55.1 Å². The first-order chi connectivity index (χ1) is 11.1. The lowest BCUT2D eigenvalue weighted by Crippen LogP contribution is -2.43. The van der Waals surface area contributed by atoms with Crippen molar-refractivity contribution in [3.8, 4) is 0 Å². The minimum absolute atomic E-state index is 0.200. The fourth-order valence-electron chi connectivity index (χ4n) is 2.83. The van der Waals surface area contributed by atoms with Crippen molar-refractivity contribution in [3.63, 3.8) is 0 Å². The Morgan fingerprint density at radius 2 is 1.43 bits per heavy atom. The molecule has 0 unspecified atom stereocenters. The molecule has 0 fully saturated rings. The Morgan fingerprint density at radius 3 is 1.83 bits per heavy atom. The SMILES string of the molecule is CC(C)C[C@H](NCC(c1ccccc1)c1ccccc1)C(N)=O. The van der Waals surface area contributed by atoms with Crippen molar-refractivity contribution in [2.24, 2.45) is 11.7 Å². The van der Waals surface area contributed by atoms with E-state index in [4.69, 9.17) is 5.73 Å². The van der Waals surface area contributed by atoms with Crippen LogP contribution >= 0.6 is 0 Å². The van der Waals surface area contributed by atoms with Crippen LogP contribution in [0.15, 0.2) is 60.7 Å². The lowest BCUT2D eigenvalue weighted by molar-refractivity contribution is -0.120. The third-order valence-corrected chi connectivity index (χ3v) is 4.02. The van der Waals surface area contributed by atoms with E-state index < -0.39 is 0 Å². The van der Waals surface area contributed by atoms with Crippen LogP contribution in [0.25, 0.3) is 0 Å². The molecule has 0 saturated heterocycles. The maximum Gasteiger partial charge on any atom is 0.234 e. The smallest absolute Gasteiger partial charge is 0.234 e. The monoisotopic (exact) mass is 310 g/mol. The highest BCUT2D eigenvalue weighted by atomic mass is 16.1. The zero-order valence-electron chi connectivity index (χ0n) is 13.9. The van der Waals surface area contributed by atoms with E-state index in [1.54, 1.807) is 0 Å². The van der Waals surface area contributed by atoms with Gasteiger partial charge in [-0.1, -0.05) is 74.5 Å². The van der Waals surface area contributed by atoms with Crippen molar-refractivity contribution in [3.05, 3.63) is 71.8 Å². The molecule has 2 aromatic rings. The predicted molar refractivity (Wildman–Crippen MR) is 95.2 cm³/mol. The molecule has 0 aliphatic heterocycles. The summed E-state index contributed by atoms with van der Waals surface area (Å²) in [5, 5.41) is 3.37. The van der Waals surface area contributed by atoms with Crippen molar-refractivity contribution in [1.82, 2.24) is 5.32 Å². The molecule has 0 aliphatic carbocycles. The third-order valence-electron chi connectivity index (χ3n) is 4.02. The molecule has 0 bridgehead atoms. The number of amides is 1. The molecule has 2 aromatic carbocycles. The first-order valence-corrected chi connectivity index (χ1v) is 8.20. The van der Waals surface area contributed by atoms with Crippen molar-refractivity contribution >= 4 is 5.91 Å². The number of nitrogens with two attached hydrogens (primary N) is 1. The molecular formula is C20H26N2O. The van der Waals surface area contributed by atoms with Crippen LogP contribution < -0.4 is 11.1 Å². The Labute approximate surface area is 138 Å². The van der Waals surface area contributed by atoms with Crippen LogP contribution in [0, 0.1) is 5.92 Å². The van der Waals surface area contributed by atoms with Crippen molar-refractivity contribution in [2.75, 3.05) is 6.54 Å². The van der Waals surface area contributed by atoms with Crippen LogP contribution in [0.2, 0.25) is 0 Å². The number of hydrogen-bond acceptors (Lipinski definition) is 2. The zero-order valence-corrected chi connectivity index (χ0v) is 13.9. The van der Waals surface area contributed by atoms with Crippen LogP contribution in [0.1, 0.15) is 37.3 Å². The van der Waals surface area contributed by atoms with E-state index in [1.807, 2.05) is 36.4 Å². The highest BCUT2D eigenvalue weighted by Gasteiger charge is 2.20. The number of nitrogens with one attached hydrogen (secondary N) is 1. The second-order valence-electron chi connectivity index (χ2n) is 6.37. The Morgan fingerprint density at radius 1 is 0.957 bits per heavy atom. The van der Waals surface area contributed by atoms with Gasteiger partial charge in [-0.3, -0.25) is 4.79 Å². The molecule has 0 aromatic heterocycles. The van der Waals surface area contributed by atoms with Gasteiger partial charge in [0, 0.05) is 12.5 Å². The molecular weight excluding hydrogens is 284 g/mol. The second kappa shape index (κ2) is 8.49. The van der Waals surface area contributed by atoms with Gasteiger partial charge in [0.1, 0.15) is 0 Å². The van der Waals surface area contributed by atoms with Gasteiger partial charge in [-0.05, 0) is 23.5 Å². The fraction of sp³-hybridized carbons (Fsp3) is 0.350. The van der Waals surface area contributed by atoms with Crippen molar-refractivity contribution in [1.29, 1.82) is 0 Å². The summed E-state index contributed by atoms with van der Waals surface area (Å²) in [5.74, 6) is 0.344. The molecule has 0 radical (unpaired) electrons. The molecule has 0 saturated carbocycles. The number of rotatable bonds is 8. The average molecular weight is 310 g/mol. The van der Waals surface area contributed by atoms with E-state index in [1.165, 1.54) is 11.1 Å². The summed E-state index contributed by atoms with van der Waals surface area (Å²) in [6.45, 7) is 4.89. The van der Waals surface area contributed by atoms with Crippen LogP contribution in [0.3, 0.4) is 0 Å². The van der Waals surface area contributed by atoms with Crippen LogP contribution in [0.5, 0.6) is 0 Å². The number of carbonyl (C=O) groups excluding carboxylic acids is 1. The number of carbonyl (C=O) groups is 1. The summed E-state index contributed by atoms with van der Waals surface area (Å²) >= 11 is 0. The minimum Gasteiger partial charge on any atom is -0.368 e. The second-order valence-corrected chi connectivity index (χ2v) is 6.37. The molecule has 0 spiro atoms. The molecule has 122 valence electrons. The van der Waals surface area contributed by atoms with E-state index in [0.29, 0.717) is 12.5 Å². The van der Waals surface area contributed by atoms with Gasteiger partial charge in [0.25, 0.3) is 0 Å². The van der Waals surface area contributed by atoms with Gasteiger partial charge in [-0.25, -0.2) is 0 Å². The molecule has 3 N–H and O–H groups in total. The summed E-state index contributed by atoms with van der Waals surface area (Å²) < 4.78 is 0. The Balaban J connectivity index is 2.17. The normalized spacial score (nSPS) is 12.5. The Kier molecular flexibility index (Phi) is 6.36. The summed E-state index contributed by atoms with van der Waals surface area (Å²) in [4.78, 5) is 11.7. The summed E-state index contributed by atoms with van der Waals surface area (Å²) in [6.07, 6.45) is 0.756. The summed E-state index contributed by atoms with van der Waals surface area (Å²) in [6, 6.07) is 20.4. The first-order valence-electron chi connectivity index (χ1n) is 8.20. The summed E-state index contributed by atoms with van der Waals surface area (Å²) in [5.41, 5.74) is 8.02. The van der Waals surface area contributed by atoms with Crippen molar-refractivity contribution in [2.45, 2.75) is 32.2 Å². The van der Waals surface area contributed by atoms with Gasteiger partial charge in [0.2, 0.25) is 5.91 Å². The van der Waals surface area contributed by atoms with Crippen molar-refractivity contribution < 1.29 is 4.79 Å². The zero-order chi connectivity index (χ0) is 16.7. The average Bonchev–Trinajstić information content (AvgIpc) is 2.55. The molecule has 3 heteroatoms. The van der Waals surface area contributed by atoms with Crippen LogP contribution in [0.4, 0.5) is 0 Å². The largest absolute Gasteiger partial charge is 0.368 e. The predicted octanol–water partition coefficient (Wildman–Crippen LogP) is 3.31. The number of benzene rings is 2. The molecule has 1 amide bonds. The van der Waals surface area contributed by atoms with Gasteiger partial charge in [-0.15, -0.1) is 0 Å². The van der Waals surface area contributed by atoms with E-state index in [9.17, 15) is 4.79 Å². The van der Waals surface area contributed by atoms with Gasteiger partial charge < -0.3 is 11.1 Å². The number of hydrogen-bond donors (Lipinski definition) is 2. The molecule has 2 rings (SSSR count). The van der Waals surface area contributed by atoms with E-state index >= 15 is 0 Å². The highest BCUT2D eigenvalue weighted by Crippen LogP contribution is 2.24. The standard InChI is InChI=1S/C20H26N2O/c1-15(2)13-19(20(21)23)22-14-18(16-9-5-3-6-10-16)17-11-7-4-8-12-17/h3-12,15,18-19,22H,13-14H2,1-2H3,(H2,21,23)/t19-/m0/s1. The lowest BCUT2D eigenvalue weighted by Gasteiger charge is -2.23. The van der Waals surface area contributed by atoms with E-state index in [0.717, 1.165) is 6.42 Å². The minimum atomic E-state index is -0.287. The van der Waals surface area contributed by atoms with Gasteiger partial charge in [0.15, 0.2) is 0 Å². The fourth-order valence-corrected chi connectivity index (χ4v) is 2.83. The van der Waals surface area contributed by atoms with E-state index in [2.05, 4.69) is 43.4 Å². The highest BCUT2D eigenvalue weighted by molar-refractivity contribution is 5.79. The number of primary amides is 1. The summed E-state index contributed by atoms with van der Waals surface area (Å²) in [7, 11) is 0. The van der Waals surface area contributed by atoms with Crippen LogP contribution in [-0.4, -0.2) is 18.5 Å². The van der Waals surface area contributed by atoms with Gasteiger partial charge in [0.05, 0.1) is 6.04 Å². The first kappa shape index (κ1) is 17.2. The Bertz CT molecular complexity index is 556. The Hall–Kier alpha value is -2.13. The van der Waals surface area contributed by atoms with Gasteiger partial charge in [-0.2, -0.15) is 0 Å². The molecule has 0 heterocycles. The molecule has 23 heavy (non-hydrogen) atoms. The maximum absolute atomic E-state index is 11.7. The van der Waals surface area contributed by atoms with Gasteiger partial charge >= 0.3 is 0 Å².